The van der Waals surface area contributed by atoms with Crippen molar-refractivity contribution in [3.8, 4) is 11.3 Å². The van der Waals surface area contributed by atoms with Gasteiger partial charge in [-0.1, -0.05) is 48.0 Å². The third-order valence-electron chi connectivity index (χ3n) is 4.29. The number of hydrogen-bond acceptors (Lipinski definition) is 3. The predicted molar refractivity (Wildman–Crippen MR) is 101 cm³/mol. The summed E-state index contributed by atoms with van der Waals surface area (Å²) >= 11 is 6.23. The zero-order chi connectivity index (χ0) is 17.1. The van der Waals surface area contributed by atoms with Gasteiger partial charge in [-0.25, -0.2) is 4.98 Å². The Labute approximate surface area is 146 Å². The molecule has 0 bridgehead atoms. The van der Waals surface area contributed by atoms with Crippen LogP contribution < -0.4 is 4.90 Å². The van der Waals surface area contributed by atoms with Gasteiger partial charge in [0.25, 0.3) is 0 Å². The van der Waals surface area contributed by atoms with Crippen LogP contribution in [0.15, 0.2) is 48.5 Å². The Bertz CT molecular complexity index is 871. The molecule has 0 radical (unpaired) electrons. The maximum Gasteiger partial charge on any atom is 0.153 e. The van der Waals surface area contributed by atoms with E-state index in [1.165, 1.54) is 5.69 Å². The molecule has 1 heterocycles. The first-order chi connectivity index (χ1) is 11.7. The third kappa shape index (κ3) is 2.87. The first-order valence-corrected chi connectivity index (χ1v) is 8.46. The number of hydrogen-bond donors (Lipinski definition) is 0. The number of halogens is 1. The van der Waals surface area contributed by atoms with Crippen LogP contribution in [0, 0.1) is 0 Å². The fraction of sp³-hybridized carbons (Fsp3) is 0.200. The Morgan fingerprint density at radius 2 is 1.62 bits per heavy atom. The average Bonchev–Trinajstić information content (AvgIpc) is 2.63. The van der Waals surface area contributed by atoms with Crippen molar-refractivity contribution >= 4 is 34.3 Å². The molecule has 24 heavy (non-hydrogen) atoms. The average molecular weight is 339 g/mol. The van der Waals surface area contributed by atoms with Gasteiger partial charge in [0.2, 0.25) is 0 Å². The molecule has 0 amide bonds. The molecule has 0 unspecified atom stereocenters. The van der Waals surface area contributed by atoms with Crippen molar-refractivity contribution in [1.82, 2.24) is 4.98 Å². The molecule has 2 aromatic carbocycles. The zero-order valence-electron chi connectivity index (χ0n) is 13.8. The van der Waals surface area contributed by atoms with Crippen LogP contribution in [0.4, 0.5) is 5.69 Å². The van der Waals surface area contributed by atoms with E-state index in [9.17, 15) is 4.79 Å². The van der Waals surface area contributed by atoms with Crippen LogP contribution in [0.1, 0.15) is 24.2 Å². The maximum atomic E-state index is 11.3. The summed E-state index contributed by atoms with van der Waals surface area (Å²) in [5.74, 6) is 0. The highest BCUT2D eigenvalue weighted by molar-refractivity contribution is 6.33. The van der Waals surface area contributed by atoms with Crippen LogP contribution in [-0.4, -0.2) is 24.4 Å². The second kappa shape index (κ2) is 7.02. The summed E-state index contributed by atoms with van der Waals surface area (Å²) in [4.78, 5) is 18.1. The van der Waals surface area contributed by atoms with Crippen LogP contribution >= 0.6 is 11.6 Å². The number of anilines is 1. The Kier molecular flexibility index (Phi) is 4.81. The van der Waals surface area contributed by atoms with E-state index in [0.717, 1.165) is 41.4 Å². The van der Waals surface area contributed by atoms with Crippen LogP contribution in [0.25, 0.3) is 22.0 Å². The fourth-order valence-electron chi connectivity index (χ4n) is 3.01. The number of carbonyl (C=O) groups excluding carboxylic acids is 1. The van der Waals surface area contributed by atoms with Crippen molar-refractivity contribution in [1.29, 1.82) is 0 Å². The fourth-order valence-corrected chi connectivity index (χ4v) is 3.24. The SMILES string of the molecule is CCN(CC)c1ccc(-c2nc(Cl)c(C=O)c3ccccc23)cc1. The summed E-state index contributed by atoms with van der Waals surface area (Å²) < 4.78 is 0. The van der Waals surface area contributed by atoms with Crippen molar-refractivity contribution in [2.75, 3.05) is 18.0 Å². The van der Waals surface area contributed by atoms with E-state index in [4.69, 9.17) is 11.6 Å². The van der Waals surface area contributed by atoms with E-state index in [0.29, 0.717) is 5.56 Å². The number of benzene rings is 2. The van der Waals surface area contributed by atoms with E-state index >= 15 is 0 Å². The van der Waals surface area contributed by atoms with Gasteiger partial charge in [-0.15, -0.1) is 0 Å². The molecule has 4 heteroatoms. The number of nitrogens with zero attached hydrogens (tertiary/aromatic N) is 2. The standard InChI is InChI=1S/C20H19ClN2O/c1-3-23(4-2)15-11-9-14(10-12-15)19-17-8-6-5-7-16(17)18(13-24)20(21)22-19/h5-13H,3-4H2,1-2H3. The lowest BCUT2D eigenvalue weighted by Crippen LogP contribution is -2.21. The highest BCUT2D eigenvalue weighted by atomic mass is 35.5. The molecule has 1 aromatic heterocycles. The van der Waals surface area contributed by atoms with Crippen molar-refractivity contribution in [2.45, 2.75) is 13.8 Å². The van der Waals surface area contributed by atoms with Gasteiger partial charge in [-0.2, -0.15) is 0 Å². The molecule has 0 N–H and O–H groups in total. The van der Waals surface area contributed by atoms with Crippen molar-refractivity contribution in [3.05, 3.63) is 59.2 Å². The summed E-state index contributed by atoms with van der Waals surface area (Å²) in [5.41, 5.74) is 3.41. The van der Waals surface area contributed by atoms with Crippen molar-refractivity contribution < 1.29 is 4.79 Å². The van der Waals surface area contributed by atoms with Gasteiger partial charge in [0, 0.05) is 29.7 Å². The molecule has 0 atom stereocenters. The number of pyridine rings is 1. The molecule has 0 saturated heterocycles. The number of fused-ring (bicyclic) bond motifs is 1. The molecule has 0 fully saturated rings. The van der Waals surface area contributed by atoms with Gasteiger partial charge in [-0.05, 0) is 31.4 Å². The molecule has 0 saturated carbocycles. The highest BCUT2D eigenvalue weighted by Gasteiger charge is 2.13. The van der Waals surface area contributed by atoms with Crippen LogP contribution in [0.2, 0.25) is 5.15 Å². The molecular weight excluding hydrogens is 320 g/mol. The van der Waals surface area contributed by atoms with Gasteiger partial charge in [0.1, 0.15) is 5.15 Å². The second-order valence-electron chi connectivity index (χ2n) is 5.55. The van der Waals surface area contributed by atoms with E-state index in [-0.39, 0.29) is 5.15 Å². The lowest BCUT2D eigenvalue weighted by atomic mass is 10.0. The molecule has 0 spiro atoms. The number of carbonyl (C=O) groups is 1. The molecule has 3 rings (SSSR count). The predicted octanol–water partition coefficient (Wildman–Crippen LogP) is 5.21. The summed E-state index contributed by atoms with van der Waals surface area (Å²) in [6.45, 7) is 6.22. The summed E-state index contributed by atoms with van der Waals surface area (Å²) in [6, 6.07) is 16.0. The molecule has 0 aliphatic heterocycles. The molecule has 3 nitrogen and oxygen atoms in total. The first-order valence-electron chi connectivity index (χ1n) is 8.08. The summed E-state index contributed by atoms with van der Waals surface area (Å²) in [5, 5.41) is 2.00. The quantitative estimate of drug-likeness (QED) is 0.472. The molecule has 3 aromatic rings. The van der Waals surface area contributed by atoms with Gasteiger partial charge in [-0.3, -0.25) is 4.79 Å². The molecule has 0 aliphatic carbocycles. The van der Waals surface area contributed by atoms with Crippen molar-refractivity contribution in [3.63, 3.8) is 0 Å². The zero-order valence-corrected chi connectivity index (χ0v) is 14.5. The Balaban J connectivity index is 2.15. The monoisotopic (exact) mass is 338 g/mol. The number of aldehydes is 1. The Hall–Kier alpha value is -2.39. The second-order valence-corrected chi connectivity index (χ2v) is 5.91. The first kappa shape index (κ1) is 16.5. The van der Waals surface area contributed by atoms with Gasteiger partial charge >= 0.3 is 0 Å². The molecule has 122 valence electrons. The Morgan fingerprint density at radius 1 is 1.00 bits per heavy atom. The maximum absolute atomic E-state index is 11.3. The minimum absolute atomic E-state index is 0.242. The lowest BCUT2D eigenvalue weighted by Gasteiger charge is -2.21. The topological polar surface area (TPSA) is 33.2 Å². The minimum atomic E-state index is 0.242. The molecule has 0 aliphatic rings. The Morgan fingerprint density at radius 3 is 2.21 bits per heavy atom. The lowest BCUT2D eigenvalue weighted by molar-refractivity contribution is 0.112. The summed E-state index contributed by atoms with van der Waals surface area (Å²) in [6.07, 6.45) is 0.769. The highest BCUT2D eigenvalue weighted by Crippen LogP contribution is 2.32. The van der Waals surface area contributed by atoms with E-state index in [1.54, 1.807) is 0 Å². The normalized spacial score (nSPS) is 10.8. The van der Waals surface area contributed by atoms with Crippen LogP contribution in [0.5, 0.6) is 0 Å². The van der Waals surface area contributed by atoms with Gasteiger partial charge in [0.05, 0.1) is 11.3 Å². The number of rotatable bonds is 5. The van der Waals surface area contributed by atoms with Gasteiger partial charge < -0.3 is 4.90 Å². The number of aromatic nitrogens is 1. The largest absolute Gasteiger partial charge is 0.372 e. The van der Waals surface area contributed by atoms with Crippen LogP contribution in [-0.2, 0) is 0 Å². The van der Waals surface area contributed by atoms with E-state index in [2.05, 4.69) is 48.0 Å². The van der Waals surface area contributed by atoms with E-state index < -0.39 is 0 Å². The molecular formula is C20H19ClN2O. The summed E-state index contributed by atoms with van der Waals surface area (Å²) in [7, 11) is 0. The van der Waals surface area contributed by atoms with Crippen LogP contribution in [0.3, 0.4) is 0 Å². The van der Waals surface area contributed by atoms with E-state index in [1.807, 2.05) is 24.3 Å². The van der Waals surface area contributed by atoms with Gasteiger partial charge in [0.15, 0.2) is 6.29 Å². The minimum Gasteiger partial charge on any atom is -0.372 e. The van der Waals surface area contributed by atoms with Crippen molar-refractivity contribution in [2.24, 2.45) is 0 Å². The smallest absolute Gasteiger partial charge is 0.153 e. The third-order valence-corrected chi connectivity index (χ3v) is 4.58.